The number of carbonyl (C=O) groups excluding carboxylic acids is 2. The summed E-state index contributed by atoms with van der Waals surface area (Å²) in [6.45, 7) is 9.25. The molecular weight excluding hydrogens is 516 g/mol. The number of fused-ring (bicyclic) bond motifs is 1. The SMILES string of the molecule is CC#CC(=O)N1CCC[C@@H](Nc2n[nH]c3nccc(Oc4cccc(C(=O)Nc5ccc(C(C)C)c(C)c5)c4)c23)C1. The van der Waals surface area contributed by atoms with Crippen LogP contribution in [-0.4, -0.2) is 51.0 Å². The lowest BCUT2D eigenvalue weighted by Crippen LogP contribution is -2.44. The van der Waals surface area contributed by atoms with Crippen LogP contribution in [-0.2, 0) is 4.79 Å². The van der Waals surface area contributed by atoms with Gasteiger partial charge in [-0.25, -0.2) is 4.98 Å². The largest absolute Gasteiger partial charge is 0.456 e. The summed E-state index contributed by atoms with van der Waals surface area (Å²) in [6, 6.07) is 14.8. The molecular formula is C32H34N6O3. The van der Waals surface area contributed by atoms with Gasteiger partial charge in [0.25, 0.3) is 11.8 Å². The molecule has 210 valence electrons. The molecule has 0 saturated carbocycles. The molecule has 2 aromatic heterocycles. The summed E-state index contributed by atoms with van der Waals surface area (Å²) in [5, 5.41) is 14.5. The number of H-pyrrole nitrogens is 1. The Bertz CT molecular complexity index is 1650. The lowest BCUT2D eigenvalue weighted by molar-refractivity contribution is -0.126. The molecule has 0 spiro atoms. The van der Waals surface area contributed by atoms with Crippen LogP contribution in [0.1, 0.15) is 61.0 Å². The number of hydrogen-bond donors (Lipinski definition) is 3. The van der Waals surface area contributed by atoms with Gasteiger partial charge in [0.2, 0.25) is 0 Å². The van der Waals surface area contributed by atoms with Gasteiger partial charge in [0.15, 0.2) is 11.5 Å². The summed E-state index contributed by atoms with van der Waals surface area (Å²) in [4.78, 5) is 31.5. The molecule has 2 aromatic carbocycles. The van der Waals surface area contributed by atoms with Gasteiger partial charge >= 0.3 is 0 Å². The molecule has 2 amide bonds. The minimum absolute atomic E-state index is 0.0103. The van der Waals surface area contributed by atoms with Gasteiger partial charge in [-0.15, -0.1) is 0 Å². The van der Waals surface area contributed by atoms with Crippen molar-refractivity contribution in [3.05, 3.63) is 71.4 Å². The van der Waals surface area contributed by atoms with E-state index in [0.717, 1.165) is 24.1 Å². The fraction of sp³-hybridized carbons (Fsp3) is 0.312. The minimum atomic E-state index is -0.221. The van der Waals surface area contributed by atoms with E-state index < -0.39 is 0 Å². The third-order valence-corrected chi connectivity index (χ3v) is 7.18. The molecule has 3 heterocycles. The van der Waals surface area contributed by atoms with E-state index in [1.54, 1.807) is 48.4 Å². The zero-order chi connectivity index (χ0) is 28.9. The van der Waals surface area contributed by atoms with E-state index >= 15 is 0 Å². The van der Waals surface area contributed by atoms with Crippen LogP contribution in [0.5, 0.6) is 11.5 Å². The Labute approximate surface area is 239 Å². The number of nitrogens with zero attached hydrogens (tertiary/aromatic N) is 3. The Morgan fingerprint density at radius 3 is 2.80 bits per heavy atom. The van der Waals surface area contributed by atoms with Gasteiger partial charge in [-0.3, -0.25) is 14.7 Å². The Morgan fingerprint density at radius 2 is 2.02 bits per heavy atom. The Morgan fingerprint density at radius 1 is 1.17 bits per heavy atom. The molecule has 9 heteroatoms. The van der Waals surface area contributed by atoms with E-state index in [1.165, 1.54) is 5.56 Å². The summed E-state index contributed by atoms with van der Waals surface area (Å²) >= 11 is 0. The topological polar surface area (TPSA) is 112 Å². The van der Waals surface area contributed by atoms with Crippen LogP contribution in [0, 0.1) is 18.8 Å². The molecule has 9 nitrogen and oxygen atoms in total. The second-order valence-electron chi connectivity index (χ2n) is 10.5. The van der Waals surface area contributed by atoms with Crippen molar-refractivity contribution in [2.45, 2.75) is 52.5 Å². The lowest BCUT2D eigenvalue weighted by Gasteiger charge is -2.32. The van der Waals surface area contributed by atoms with Crippen LogP contribution < -0.4 is 15.4 Å². The molecule has 0 unspecified atom stereocenters. The molecule has 1 aliphatic rings. The van der Waals surface area contributed by atoms with Crippen molar-refractivity contribution in [2.75, 3.05) is 23.7 Å². The fourth-order valence-electron chi connectivity index (χ4n) is 5.20. The van der Waals surface area contributed by atoms with Gasteiger partial charge in [-0.1, -0.05) is 31.9 Å². The van der Waals surface area contributed by atoms with Crippen LogP contribution in [0.15, 0.2) is 54.7 Å². The van der Waals surface area contributed by atoms with Gasteiger partial charge < -0.3 is 20.3 Å². The molecule has 1 saturated heterocycles. The normalized spacial score (nSPS) is 14.9. The third-order valence-electron chi connectivity index (χ3n) is 7.18. The summed E-state index contributed by atoms with van der Waals surface area (Å²) in [6.07, 6.45) is 3.41. The monoisotopic (exact) mass is 550 g/mol. The first kappa shape index (κ1) is 27.7. The standard InChI is InChI=1S/C32H34N6O3/c1-5-8-28(39)38-16-7-10-24(19-38)34-31-29-27(14-15-33-30(29)36-37-31)41-25-11-6-9-22(18-25)32(40)35-23-12-13-26(20(2)3)21(4)17-23/h6,9,11-15,17-18,20,24H,7,10,16,19H2,1-4H3,(H,35,40)(H2,33,34,36,37)/t24-/m1/s1. The number of aryl methyl sites for hydroxylation is 1. The number of ether oxygens (including phenoxy) is 1. The Balaban J connectivity index is 1.33. The number of aromatic amines is 1. The third kappa shape index (κ3) is 6.33. The highest BCUT2D eigenvalue weighted by Crippen LogP contribution is 2.34. The van der Waals surface area contributed by atoms with Crippen molar-refractivity contribution >= 4 is 34.4 Å². The number of anilines is 2. The Hall–Kier alpha value is -4.84. The van der Waals surface area contributed by atoms with Crippen molar-refractivity contribution in [1.82, 2.24) is 20.1 Å². The zero-order valence-corrected chi connectivity index (χ0v) is 23.7. The number of piperidine rings is 1. The van der Waals surface area contributed by atoms with Gasteiger partial charge in [0.05, 0.1) is 0 Å². The number of hydrogen-bond acceptors (Lipinski definition) is 6. The van der Waals surface area contributed by atoms with E-state index in [1.807, 2.05) is 12.1 Å². The first-order valence-corrected chi connectivity index (χ1v) is 13.8. The molecule has 0 bridgehead atoms. The van der Waals surface area contributed by atoms with E-state index in [2.05, 4.69) is 64.5 Å². The minimum Gasteiger partial charge on any atom is -0.456 e. The van der Waals surface area contributed by atoms with Crippen LogP contribution in [0.25, 0.3) is 11.0 Å². The number of rotatable bonds is 7. The smallest absolute Gasteiger partial charge is 0.298 e. The molecule has 0 aliphatic carbocycles. The Kier molecular flexibility index (Phi) is 8.20. The number of nitrogens with one attached hydrogen (secondary N) is 3. The summed E-state index contributed by atoms with van der Waals surface area (Å²) in [7, 11) is 0. The summed E-state index contributed by atoms with van der Waals surface area (Å²) < 4.78 is 6.27. The van der Waals surface area contributed by atoms with Crippen LogP contribution >= 0.6 is 0 Å². The van der Waals surface area contributed by atoms with E-state index in [9.17, 15) is 9.59 Å². The maximum absolute atomic E-state index is 13.1. The first-order valence-electron chi connectivity index (χ1n) is 13.8. The second-order valence-corrected chi connectivity index (χ2v) is 10.5. The predicted octanol–water partition coefficient (Wildman–Crippen LogP) is 5.86. The number of pyridine rings is 1. The van der Waals surface area contributed by atoms with Gasteiger partial charge in [0.1, 0.15) is 16.9 Å². The number of likely N-dealkylation sites (tertiary alicyclic amines) is 1. The molecule has 0 radical (unpaired) electrons. The van der Waals surface area contributed by atoms with Crippen LogP contribution in [0.4, 0.5) is 11.5 Å². The molecule has 5 rings (SSSR count). The van der Waals surface area contributed by atoms with E-state index in [4.69, 9.17) is 4.74 Å². The van der Waals surface area contributed by atoms with Gasteiger partial charge in [-0.05, 0) is 80.0 Å². The van der Waals surface area contributed by atoms with Crippen molar-refractivity contribution < 1.29 is 14.3 Å². The number of amides is 2. The van der Waals surface area contributed by atoms with Crippen molar-refractivity contribution in [3.8, 4) is 23.3 Å². The first-order chi connectivity index (χ1) is 19.8. The highest BCUT2D eigenvalue weighted by Gasteiger charge is 2.25. The number of carbonyl (C=O) groups is 2. The molecule has 1 atom stereocenters. The zero-order valence-electron chi connectivity index (χ0n) is 23.7. The second kappa shape index (κ2) is 12.1. The van der Waals surface area contributed by atoms with Gasteiger partial charge in [0, 0.05) is 42.6 Å². The van der Waals surface area contributed by atoms with Gasteiger partial charge in [-0.2, -0.15) is 5.10 Å². The molecule has 1 fully saturated rings. The summed E-state index contributed by atoms with van der Waals surface area (Å²) in [5.41, 5.74) is 4.20. The van der Waals surface area contributed by atoms with E-state index in [-0.39, 0.29) is 17.9 Å². The average molecular weight is 551 g/mol. The molecule has 41 heavy (non-hydrogen) atoms. The van der Waals surface area contributed by atoms with Crippen LogP contribution in [0.2, 0.25) is 0 Å². The van der Waals surface area contributed by atoms with Crippen molar-refractivity contribution in [1.29, 1.82) is 0 Å². The lowest BCUT2D eigenvalue weighted by atomic mass is 9.97. The van der Waals surface area contributed by atoms with Crippen molar-refractivity contribution in [3.63, 3.8) is 0 Å². The highest BCUT2D eigenvalue weighted by molar-refractivity contribution is 6.04. The summed E-state index contributed by atoms with van der Waals surface area (Å²) in [5.74, 6) is 6.99. The fourth-order valence-corrected chi connectivity index (χ4v) is 5.20. The number of aromatic nitrogens is 3. The average Bonchev–Trinajstić information content (AvgIpc) is 3.37. The van der Waals surface area contributed by atoms with Crippen molar-refractivity contribution in [2.24, 2.45) is 0 Å². The molecule has 3 N–H and O–H groups in total. The molecule has 1 aliphatic heterocycles. The maximum atomic E-state index is 13.1. The predicted molar refractivity (Wildman–Crippen MR) is 160 cm³/mol. The number of benzene rings is 2. The quantitative estimate of drug-likeness (QED) is 0.249. The molecule has 4 aromatic rings. The van der Waals surface area contributed by atoms with E-state index in [0.29, 0.717) is 52.9 Å². The maximum Gasteiger partial charge on any atom is 0.298 e. The highest BCUT2D eigenvalue weighted by atomic mass is 16.5. The van der Waals surface area contributed by atoms with Crippen LogP contribution in [0.3, 0.4) is 0 Å².